The number of aliphatic hydroxyl groups excluding tert-OH is 1. The number of benzene rings is 2. The highest BCUT2D eigenvalue weighted by Crippen LogP contribution is 2.31. The molecule has 0 saturated heterocycles. The van der Waals surface area contributed by atoms with Gasteiger partial charge < -0.3 is 24.6 Å². The fourth-order valence-corrected chi connectivity index (χ4v) is 4.72. The average Bonchev–Trinajstić information content (AvgIpc) is 3.26. The van der Waals surface area contributed by atoms with E-state index in [9.17, 15) is 15.2 Å². The molecule has 2 N–H and O–H groups in total. The number of esters is 1. The molecule has 0 aromatic heterocycles. The highest BCUT2D eigenvalue weighted by Gasteiger charge is 2.28. The van der Waals surface area contributed by atoms with E-state index >= 15 is 0 Å². The summed E-state index contributed by atoms with van der Waals surface area (Å²) in [6.07, 6.45) is 3.19. The Morgan fingerprint density at radius 2 is 1.92 bits per heavy atom. The van der Waals surface area contributed by atoms with E-state index in [0.29, 0.717) is 36.8 Å². The summed E-state index contributed by atoms with van der Waals surface area (Å²) in [7, 11) is 1.55. The van der Waals surface area contributed by atoms with E-state index in [1.807, 2.05) is 0 Å². The molecule has 36 heavy (non-hydrogen) atoms. The van der Waals surface area contributed by atoms with E-state index < -0.39 is 6.10 Å². The molecule has 1 atom stereocenters. The molecule has 7 nitrogen and oxygen atoms in total. The molecule has 2 aromatic rings. The van der Waals surface area contributed by atoms with Gasteiger partial charge in [-0.15, -0.1) is 0 Å². The maximum absolute atomic E-state index is 11.8. The first-order valence-corrected chi connectivity index (χ1v) is 12.6. The summed E-state index contributed by atoms with van der Waals surface area (Å²) < 4.78 is 15.8. The van der Waals surface area contributed by atoms with E-state index in [1.54, 1.807) is 25.3 Å². The van der Waals surface area contributed by atoms with Gasteiger partial charge in [-0.05, 0) is 74.3 Å². The van der Waals surface area contributed by atoms with Crippen molar-refractivity contribution in [2.75, 3.05) is 33.5 Å². The predicted molar refractivity (Wildman–Crippen MR) is 138 cm³/mol. The second-order valence-electron chi connectivity index (χ2n) is 10.1. The van der Waals surface area contributed by atoms with Crippen LogP contribution in [-0.2, 0) is 33.5 Å². The molecule has 2 aromatic carbocycles. The van der Waals surface area contributed by atoms with Crippen LogP contribution in [0.25, 0.3) is 0 Å². The van der Waals surface area contributed by atoms with Crippen molar-refractivity contribution in [1.29, 1.82) is 5.26 Å². The van der Waals surface area contributed by atoms with Gasteiger partial charge in [0.05, 0.1) is 12.2 Å². The summed E-state index contributed by atoms with van der Waals surface area (Å²) in [6.45, 7) is 5.39. The molecule has 0 bridgehead atoms. The minimum absolute atomic E-state index is 0.0646. The van der Waals surface area contributed by atoms with Crippen LogP contribution in [0.5, 0.6) is 5.75 Å². The maximum atomic E-state index is 11.8. The van der Waals surface area contributed by atoms with Crippen molar-refractivity contribution in [3.8, 4) is 11.8 Å². The lowest BCUT2D eigenvalue weighted by molar-refractivity contribution is -0.144. The first-order chi connectivity index (χ1) is 17.3. The summed E-state index contributed by atoms with van der Waals surface area (Å²) >= 11 is 0. The van der Waals surface area contributed by atoms with Gasteiger partial charge in [-0.3, -0.25) is 4.79 Å². The molecular weight excluding hydrogens is 456 g/mol. The molecule has 1 aliphatic rings. The SMILES string of the molecule is COCCOC(=O)CCc1ccc(C#N)c(OCC(O)CNC(C)(C)CC2Cc3ccccc3C2)c1. The van der Waals surface area contributed by atoms with Crippen LogP contribution in [0.4, 0.5) is 0 Å². The standard InChI is InChI=1S/C29H38N2O5/c1-29(2,17-22-14-23-6-4-5-7-24(23)15-22)31-19-26(32)20-36-27-16-21(8-10-25(27)18-30)9-11-28(33)35-13-12-34-3/h4-8,10,16,22,26,31-32H,9,11-15,17,19-20H2,1-3H3. The van der Waals surface area contributed by atoms with Crippen molar-refractivity contribution in [2.24, 2.45) is 5.92 Å². The van der Waals surface area contributed by atoms with Gasteiger partial charge in [0, 0.05) is 25.6 Å². The van der Waals surface area contributed by atoms with Crippen LogP contribution in [0.2, 0.25) is 0 Å². The molecule has 7 heteroatoms. The lowest BCUT2D eigenvalue weighted by Crippen LogP contribution is -2.46. The topological polar surface area (TPSA) is 101 Å². The van der Waals surface area contributed by atoms with Crippen molar-refractivity contribution in [3.05, 3.63) is 64.7 Å². The highest BCUT2D eigenvalue weighted by molar-refractivity contribution is 5.69. The third-order valence-corrected chi connectivity index (χ3v) is 6.52. The summed E-state index contributed by atoms with van der Waals surface area (Å²) in [4.78, 5) is 11.8. The highest BCUT2D eigenvalue weighted by atomic mass is 16.6. The quantitative estimate of drug-likeness (QED) is 0.306. The second-order valence-corrected chi connectivity index (χ2v) is 10.1. The van der Waals surface area contributed by atoms with Gasteiger partial charge in [-0.25, -0.2) is 0 Å². The number of rotatable bonds is 14. The molecule has 0 heterocycles. The Kier molecular flexibility index (Phi) is 10.3. The van der Waals surface area contributed by atoms with E-state index in [2.05, 4.69) is 49.5 Å². The number of β-amino-alcohol motifs (C(OH)–C–C–N with tert-alkyl or cyclic N) is 1. The largest absolute Gasteiger partial charge is 0.489 e. The molecule has 194 valence electrons. The number of fused-ring (bicyclic) bond motifs is 1. The lowest BCUT2D eigenvalue weighted by Gasteiger charge is -2.30. The lowest BCUT2D eigenvalue weighted by atomic mass is 9.88. The fraction of sp³-hybridized carbons (Fsp3) is 0.517. The molecule has 0 spiro atoms. The number of aryl methyl sites for hydroxylation is 1. The maximum Gasteiger partial charge on any atom is 0.306 e. The number of nitrogens with zero attached hydrogens (tertiary/aromatic N) is 1. The Balaban J connectivity index is 1.44. The minimum Gasteiger partial charge on any atom is -0.489 e. The number of aliphatic hydroxyl groups is 1. The Bertz CT molecular complexity index is 1020. The van der Waals surface area contributed by atoms with Crippen molar-refractivity contribution in [3.63, 3.8) is 0 Å². The first-order valence-electron chi connectivity index (χ1n) is 12.6. The smallest absolute Gasteiger partial charge is 0.306 e. The molecule has 1 aliphatic carbocycles. The van der Waals surface area contributed by atoms with Crippen molar-refractivity contribution < 1.29 is 24.1 Å². The number of methoxy groups -OCH3 is 1. The minimum atomic E-state index is -0.726. The van der Waals surface area contributed by atoms with E-state index in [-0.39, 0.29) is 31.1 Å². The zero-order valence-electron chi connectivity index (χ0n) is 21.6. The van der Waals surface area contributed by atoms with Crippen LogP contribution in [0.1, 0.15) is 48.9 Å². The van der Waals surface area contributed by atoms with Crippen molar-refractivity contribution in [2.45, 2.75) is 57.6 Å². The van der Waals surface area contributed by atoms with E-state index in [4.69, 9.17) is 14.2 Å². The zero-order chi connectivity index (χ0) is 26.0. The number of nitriles is 1. The molecule has 3 rings (SSSR count). The van der Waals surface area contributed by atoms with Crippen LogP contribution in [-0.4, -0.2) is 56.2 Å². The average molecular weight is 495 g/mol. The van der Waals surface area contributed by atoms with E-state index in [0.717, 1.165) is 24.8 Å². The molecule has 0 amide bonds. The van der Waals surface area contributed by atoms with Gasteiger partial charge in [0.1, 0.15) is 31.1 Å². The van der Waals surface area contributed by atoms with Gasteiger partial charge in [-0.1, -0.05) is 30.3 Å². The third kappa shape index (κ3) is 8.63. The summed E-state index contributed by atoms with van der Waals surface area (Å²) in [5, 5.41) is 23.5. The number of hydrogen-bond donors (Lipinski definition) is 2. The van der Waals surface area contributed by atoms with Crippen LogP contribution in [0.15, 0.2) is 42.5 Å². The fourth-order valence-electron chi connectivity index (χ4n) is 4.72. The molecule has 0 aliphatic heterocycles. The Labute approximate surface area is 214 Å². The third-order valence-electron chi connectivity index (χ3n) is 6.52. The monoisotopic (exact) mass is 494 g/mol. The molecule has 0 fully saturated rings. The Morgan fingerprint density at radius 3 is 2.58 bits per heavy atom. The summed E-state index contributed by atoms with van der Waals surface area (Å²) in [6, 6.07) is 16.0. The number of hydrogen-bond acceptors (Lipinski definition) is 7. The zero-order valence-corrected chi connectivity index (χ0v) is 21.6. The predicted octanol–water partition coefficient (Wildman–Crippen LogP) is 3.59. The Morgan fingerprint density at radius 1 is 1.19 bits per heavy atom. The van der Waals surface area contributed by atoms with Gasteiger partial charge in [0.15, 0.2) is 0 Å². The molecule has 0 saturated carbocycles. The summed E-state index contributed by atoms with van der Waals surface area (Å²) in [5.41, 5.74) is 4.03. The number of nitrogens with one attached hydrogen (secondary N) is 1. The van der Waals surface area contributed by atoms with Crippen molar-refractivity contribution in [1.82, 2.24) is 5.32 Å². The van der Waals surface area contributed by atoms with Gasteiger partial charge in [-0.2, -0.15) is 5.26 Å². The molecule has 1 unspecified atom stereocenters. The van der Waals surface area contributed by atoms with Crippen LogP contribution < -0.4 is 10.1 Å². The molecule has 0 radical (unpaired) electrons. The summed E-state index contributed by atoms with van der Waals surface area (Å²) in [5.74, 6) is 0.700. The number of carbonyl (C=O) groups is 1. The van der Waals surface area contributed by atoms with E-state index in [1.165, 1.54) is 11.1 Å². The second kappa shape index (κ2) is 13.4. The van der Waals surface area contributed by atoms with Crippen molar-refractivity contribution >= 4 is 5.97 Å². The van der Waals surface area contributed by atoms with Gasteiger partial charge in [0.25, 0.3) is 0 Å². The van der Waals surface area contributed by atoms with Crippen LogP contribution in [0, 0.1) is 17.2 Å². The number of carbonyl (C=O) groups excluding carboxylic acids is 1. The normalized spacial score (nSPS) is 14.2. The van der Waals surface area contributed by atoms with Gasteiger partial charge in [0.2, 0.25) is 0 Å². The molecular formula is C29H38N2O5. The number of ether oxygens (including phenoxy) is 3. The van der Waals surface area contributed by atoms with Crippen LogP contribution >= 0.6 is 0 Å². The van der Waals surface area contributed by atoms with Gasteiger partial charge >= 0.3 is 5.97 Å². The Hall–Kier alpha value is -2.92. The first kappa shape index (κ1) is 27.7. The van der Waals surface area contributed by atoms with Crippen LogP contribution in [0.3, 0.4) is 0 Å².